The number of hydrogen-bond donors (Lipinski definition) is 0. The molecule has 0 heterocycles. The number of non-ortho nitro benzene ring substituents is 1. The van der Waals surface area contributed by atoms with E-state index in [2.05, 4.69) is 12.2 Å². The lowest BCUT2D eigenvalue weighted by Gasteiger charge is -2.19. The average Bonchev–Trinajstić information content (AvgIpc) is 3.07. The molecular weight excluding hydrogens is 566 g/mol. The summed E-state index contributed by atoms with van der Waals surface area (Å²) in [6.07, 6.45) is 16.6. The van der Waals surface area contributed by atoms with Crippen LogP contribution in [0, 0.1) is 10.1 Å². The fourth-order valence-corrected chi connectivity index (χ4v) is 5.17. The Balaban J connectivity index is 1.18. The van der Waals surface area contributed by atoms with Crippen molar-refractivity contribution in [3.8, 4) is 0 Å². The van der Waals surface area contributed by atoms with Crippen molar-refractivity contribution < 1.29 is 24.0 Å². The highest BCUT2D eigenvalue weighted by atomic mass is 16.6. The van der Waals surface area contributed by atoms with E-state index in [9.17, 15) is 19.7 Å². The Hall–Kier alpha value is -4.26. The highest BCUT2D eigenvalue weighted by Crippen LogP contribution is 2.26. The minimum Gasteiger partial charge on any atom is -0.459 e. The number of unbranched alkanes of at least 4 members (excludes halogenated alkanes) is 8. The number of ether oxygens (including phenoxy) is 2. The van der Waals surface area contributed by atoms with E-state index in [1.807, 2.05) is 67.6 Å². The number of hydrogen-bond acceptors (Lipinski definition) is 6. The molecule has 3 rings (SSSR count). The lowest BCUT2D eigenvalue weighted by atomic mass is 10.0. The van der Waals surface area contributed by atoms with Crippen LogP contribution in [-0.4, -0.2) is 23.0 Å². The number of nitrogens with zero attached hydrogens (tertiary/aromatic N) is 1. The van der Waals surface area contributed by atoms with E-state index in [1.165, 1.54) is 24.3 Å². The van der Waals surface area contributed by atoms with Crippen molar-refractivity contribution >= 4 is 17.6 Å². The standard InChI is InChI=1S/C38H47NO6/c1-2-35(44-38(41)33-27-29-34(30-28-33)39(42)43)25-19-11-9-7-5-3-4-6-8-10-12-20-26-36(40)45-37(31-21-15-13-16-22-31)32-23-17-14-18-24-32/h3,5,13-18,21-24,27-30,35,37H,2,4,6-12,19-20,25-26H2,1H3/b5-3-/t35-/m1/s1. The molecule has 3 aromatic rings. The topological polar surface area (TPSA) is 95.7 Å². The predicted molar refractivity (Wildman–Crippen MR) is 178 cm³/mol. The molecule has 0 radical (unpaired) electrons. The lowest BCUT2D eigenvalue weighted by Crippen LogP contribution is -2.17. The summed E-state index contributed by atoms with van der Waals surface area (Å²) < 4.78 is 11.5. The summed E-state index contributed by atoms with van der Waals surface area (Å²) in [7, 11) is 0. The summed E-state index contributed by atoms with van der Waals surface area (Å²) in [5.41, 5.74) is 2.25. The van der Waals surface area contributed by atoms with Gasteiger partial charge in [-0.2, -0.15) is 0 Å². The molecule has 7 heteroatoms. The molecule has 0 aliphatic rings. The number of esters is 2. The van der Waals surface area contributed by atoms with Gasteiger partial charge in [0.25, 0.3) is 5.69 Å². The van der Waals surface area contributed by atoms with Gasteiger partial charge >= 0.3 is 11.9 Å². The number of benzene rings is 3. The van der Waals surface area contributed by atoms with Gasteiger partial charge < -0.3 is 9.47 Å². The first-order valence-electron chi connectivity index (χ1n) is 16.4. The molecule has 240 valence electrons. The third-order valence-electron chi connectivity index (χ3n) is 7.81. The molecule has 0 amide bonds. The summed E-state index contributed by atoms with van der Waals surface area (Å²) in [6.45, 7) is 2.00. The van der Waals surface area contributed by atoms with E-state index in [0.717, 1.165) is 88.2 Å². The third kappa shape index (κ3) is 13.5. The van der Waals surface area contributed by atoms with Gasteiger partial charge in [-0.1, -0.05) is 105 Å². The van der Waals surface area contributed by atoms with Crippen molar-refractivity contribution in [3.05, 3.63) is 124 Å². The molecule has 0 unspecified atom stereocenters. The van der Waals surface area contributed by atoms with Gasteiger partial charge in [-0.05, 0) is 74.6 Å². The van der Waals surface area contributed by atoms with Gasteiger partial charge in [0.15, 0.2) is 6.10 Å². The Morgan fingerprint density at radius 1 is 0.711 bits per heavy atom. The minimum atomic E-state index is -0.487. The molecule has 7 nitrogen and oxygen atoms in total. The first-order valence-corrected chi connectivity index (χ1v) is 16.4. The summed E-state index contributed by atoms with van der Waals surface area (Å²) in [4.78, 5) is 35.3. The van der Waals surface area contributed by atoms with Crippen LogP contribution < -0.4 is 0 Å². The van der Waals surface area contributed by atoms with Crippen LogP contribution in [0.5, 0.6) is 0 Å². The summed E-state index contributed by atoms with van der Waals surface area (Å²) in [5.74, 6) is -0.581. The minimum absolute atomic E-state index is 0.0451. The van der Waals surface area contributed by atoms with Gasteiger partial charge in [0.05, 0.1) is 10.5 Å². The van der Waals surface area contributed by atoms with Gasteiger partial charge in [0.2, 0.25) is 0 Å². The molecule has 0 N–H and O–H groups in total. The molecule has 0 saturated heterocycles. The second-order valence-electron chi connectivity index (χ2n) is 11.3. The number of carbonyl (C=O) groups is 2. The summed E-state index contributed by atoms with van der Waals surface area (Å²) in [5, 5.41) is 10.8. The normalized spacial score (nSPS) is 11.9. The maximum absolute atomic E-state index is 12.6. The smallest absolute Gasteiger partial charge is 0.338 e. The molecule has 0 aromatic heterocycles. The highest BCUT2D eigenvalue weighted by Gasteiger charge is 2.19. The van der Waals surface area contributed by atoms with Crippen LogP contribution in [0.15, 0.2) is 97.1 Å². The molecule has 0 saturated carbocycles. The fourth-order valence-electron chi connectivity index (χ4n) is 5.17. The van der Waals surface area contributed by atoms with Gasteiger partial charge in [0.1, 0.15) is 6.10 Å². The molecule has 1 atom stereocenters. The highest BCUT2D eigenvalue weighted by molar-refractivity contribution is 5.89. The Morgan fingerprint density at radius 3 is 1.80 bits per heavy atom. The van der Waals surface area contributed by atoms with Crippen LogP contribution >= 0.6 is 0 Å². The van der Waals surface area contributed by atoms with E-state index in [0.29, 0.717) is 12.0 Å². The van der Waals surface area contributed by atoms with E-state index < -0.39 is 10.9 Å². The van der Waals surface area contributed by atoms with Crippen LogP contribution in [0.2, 0.25) is 0 Å². The van der Waals surface area contributed by atoms with E-state index in [4.69, 9.17) is 9.47 Å². The second kappa shape index (κ2) is 20.7. The number of nitro groups is 1. The summed E-state index contributed by atoms with van der Waals surface area (Å²) in [6, 6.07) is 25.3. The Kier molecular flexibility index (Phi) is 16.2. The maximum Gasteiger partial charge on any atom is 0.338 e. The van der Waals surface area contributed by atoms with Crippen molar-refractivity contribution in [2.45, 2.75) is 103 Å². The van der Waals surface area contributed by atoms with Crippen LogP contribution in [0.1, 0.15) is 118 Å². The number of carbonyl (C=O) groups excluding carboxylic acids is 2. The van der Waals surface area contributed by atoms with E-state index in [1.54, 1.807) is 0 Å². The number of allylic oxidation sites excluding steroid dienone is 2. The zero-order valence-electron chi connectivity index (χ0n) is 26.5. The van der Waals surface area contributed by atoms with Crippen molar-refractivity contribution in [3.63, 3.8) is 0 Å². The first kappa shape index (κ1) is 35.2. The van der Waals surface area contributed by atoms with E-state index >= 15 is 0 Å². The molecule has 0 spiro atoms. The van der Waals surface area contributed by atoms with Crippen LogP contribution in [0.3, 0.4) is 0 Å². The second-order valence-corrected chi connectivity index (χ2v) is 11.3. The molecule has 0 aliphatic heterocycles. The SMILES string of the molecule is CC[C@H](CCCCC/C=C\CCCCCCCC(=O)OC(c1ccccc1)c1ccccc1)OC(=O)c1ccc([N+](=O)[O-])cc1. The molecular formula is C38H47NO6. The number of nitro benzene ring substituents is 1. The fraction of sp³-hybridized carbons (Fsp3) is 0.421. The van der Waals surface area contributed by atoms with Crippen LogP contribution in [0.25, 0.3) is 0 Å². The zero-order valence-corrected chi connectivity index (χ0v) is 26.5. The Morgan fingerprint density at radius 2 is 1.24 bits per heavy atom. The van der Waals surface area contributed by atoms with Gasteiger partial charge in [0, 0.05) is 18.6 Å². The number of rotatable bonds is 21. The largest absolute Gasteiger partial charge is 0.459 e. The van der Waals surface area contributed by atoms with E-state index in [-0.39, 0.29) is 23.9 Å². The van der Waals surface area contributed by atoms with Crippen molar-refractivity contribution in [2.75, 3.05) is 0 Å². The molecule has 3 aromatic carbocycles. The monoisotopic (exact) mass is 613 g/mol. The first-order chi connectivity index (χ1) is 22.0. The Bertz CT molecular complexity index is 1270. The predicted octanol–water partition coefficient (Wildman–Crippen LogP) is 10.1. The van der Waals surface area contributed by atoms with Gasteiger partial charge in [-0.25, -0.2) is 4.79 Å². The Labute approximate surface area is 267 Å². The average molecular weight is 614 g/mol. The van der Waals surface area contributed by atoms with Crippen molar-refractivity contribution in [2.24, 2.45) is 0 Å². The van der Waals surface area contributed by atoms with Crippen molar-refractivity contribution in [1.82, 2.24) is 0 Å². The summed E-state index contributed by atoms with van der Waals surface area (Å²) >= 11 is 0. The van der Waals surface area contributed by atoms with Crippen molar-refractivity contribution in [1.29, 1.82) is 0 Å². The zero-order chi connectivity index (χ0) is 32.1. The molecule has 0 bridgehead atoms. The maximum atomic E-state index is 12.6. The molecule has 0 fully saturated rings. The third-order valence-corrected chi connectivity index (χ3v) is 7.81. The van der Waals surface area contributed by atoms with Gasteiger partial charge in [-0.15, -0.1) is 0 Å². The molecule has 0 aliphatic carbocycles. The quantitative estimate of drug-likeness (QED) is 0.0390. The van der Waals surface area contributed by atoms with Crippen LogP contribution in [0.4, 0.5) is 5.69 Å². The lowest BCUT2D eigenvalue weighted by molar-refractivity contribution is -0.384. The van der Waals surface area contributed by atoms with Gasteiger partial charge in [-0.3, -0.25) is 14.9 Å². The molecule has 45 heavy (non-hydrogen) atoms. The van der Waals surface area contributed by atoms with Crippen LogP contribution in [-0.2, 0) is 14.3 Å².